The minimum Gasteiger partial charge on any atom is -0.366 e. The first-order chi connectivity index (χ1) is 4.45. The standard InChI is InChI=1S/C3H5NO5S/c4-2-1-3(5)9-10(6,7)8/h3,5H,1H2,(H,6,7,8). The highest BCUT2D eigenvalue weighted by Crippen LogP contribution is 1.96. The maximum atomic E-state index is 9.78. The zero-order chi connectivity index (χ0) is 8.20. The number of nitrogens with zero attached hydrogens (tertiary/aromatic N) is 1. The largest absolute Gasteiger partial charge is 0.399 e. The molecule has 6 nitrogen and oxygen atoms in total. The first-order valence-corrected chi connectivity index (χ1v) is 3.53. The van der Waals surface area contributed by atoms with Crippen molar-refractivity contribution < 1.29 is 22.3 Å². The third-order valence-electron chi connectivity index (χ3n) is 0.499. The summed E-state index contributed by atoms with van der Waals surface area (Å²) in [6.07, 6.45) is -2.31. The Hall–Kier alpha value is -0.680. The Kier molecular flexibility index (Phi) is 3.24. The van der Waals surface area contributed by atoms with Crippen LogP contribution in [-0.2, 0) is 14.6 Å². The molecule has 0 aliphatic rings. The van der Waals surface area contributed by atoms with Crippen LogP contribution in [0.3, 0.4) is 0 Å². The minimum atomic E-state index is -4.65. The maximum absolute atomic E-state index is 9.78. The molecule has 10 heavy (non-hydrogen) atoms. The second kappa shape index (κ2) is 3.48. The number of hydrogen-bond acceptors (Lipinski definition) is 5. The zero-order valence-corrected chi connectivity index (χ0v) is 5.58. The van der Waals surface area contributed by atoms with Gasteiger partial charge in [0.2, 0.25) is 0 Å². The summed E-state index contributed by atoms with van der Waals surface area (Å²) in [6.45, 7) is 0. The highest BCUT2D eigenvalue weighted by molar-refractivity contribution is 7.80. The summed E-state index contributed by atoms with van der Waals surface area (Å²) in [4.78, 5) is 0. The molecule has 0 saturated carbocycles. The predicted molar refractivity (Wildman–Crippen MR) is 28.9 cm³/mol. The number of aliphatic hydroxyl groups excluding tert-OH is 1. The number of rotatable bonds is 3. The van der Waals surface area contributed by atoms with E-state index >= 15 is 0 Å². The van der Waals surface area contributed by atoms with Crippen molar-refractivity contribution in [2.75, 3.05) is 0 Å². The molecule has 1 unspecified atom stereocenters. The quantitative estimate of drug-likeness (QED) is 0.414. The van der Waals surface area contributed by atoms with Gasteiger partial charge in [-0.15, -0.1) is 0 Å². The molecule has 0 amide bonds. The van der Waals surface area contributed by atoms with Crippen molar-refractivity contribution in [1.29, 1.82) is 5.26 Å². The molecule has 0 bridgehead atoms. The summed E-state index contributed by atoms with van der Waals surface area (Å²) < 4.78 is 31.0. The van der Waals surface area contributed by atoms with Gasteiger partial charge < -0.3 is 5.11 Å². The van der Waals surface area contributed by atoms with E-state index in [0.29, 0.717) is 0 Å². The van der Waals surface area contributed by atoms with E-state index in [1.807, 2.05) is 0 Å². The first kappa shape index (κ1) is 9.32. The molecule has 0 fully saturated rings. The van der Waals surface area contributed by atoms with E-state index in [9.17, 15) is 8.42 Å². The van der Waals surface area contributed by atoms with Crippen LogP contribution < -0.4 is 0 Å². The van der Waals surface area contributed by atoms with Gasteiger partial charge >= 0.3 is 10.4 Å². The lowest BCUT2D eigenvalue weighted by molar-refractivity contribution is -0.0147. The van der Waals surface area contributed by atoms with Crippen molar-refractivity contribution in [3.63, 3.8) is 0 Å². The van der Waals surface area contributed by atoms with Crippen LogP contribution in [0.25, 0.3) is 0 Å². The first-order valence-electron chi connectivity index (χ1n) is 2.16. The van der Waals surface area contributed by atoms with Gasteiger partial charge in [0.25, 0.3) is 0 Å². The van der Waals surface area contributed by atoms with Gasteiger partial charge in [0.05, 0.1) is 12.5 Å². The highest BCUT2D eigenvalue weighted by Gasteiger charge is 2.12. The average Bonchev–Trinajstić information content (AvgIpc) is 1.59. The van der Waals surface area contributed by atoms with Gasteiger partial charge in [-0.25, -0.2) is 4.18 Å². The van der Waals surface area contributed by atoms with Crippen LogP contribution in [0.4, 0.5) is 0 Å². The second-order valence-corrected chi connectivity index (χ2v) is 2.39. The molecule has 0 heterocycles. The minimum absolute atomic E-state index is 0.514. The predicted octanol–water partition coefficient (Wildman–Crippen LogP) is -0.962. The molecule has 0 aromatic carbocycles. The van der Waals surface area contributed by atoms with Crippen LogP contribution >= 0.6 is 0 Å². The fraction of sp³-hybridized carbons (Fsp3) is 0.667. The number of nitriles is 1. The summed E-state index contributed by atoms with van der Waals surface area (Å²) in [7, 11) is -4.65. The zero-order valence-electron chi connectivity index (χ0n) is 4.76. The fourth-order valence-corrected chi connectivity index (χ4v) is 0.601. The Morgan fingerprint density at radius 3 is 2.50 bits per heavy atom. The topological polar surface area (TPSA) is 108 Å². The van der Waals surface area contributed by atoms with E-state index in [2.05, 4.69) is 4.18 Å². The van der Waals surface area contributed by atoms with E-state index in [0.717, 1.165) is 0 Å². The van der Waals surface area contributed by atoms with E-state index in [-0.39, 0.29) is 0 Å². The van der Waals surface area contributed by atoms with E-state index in [1.54, 1.807) is 0 Å². The van der Waals surface area contributed by atoms with Crippen molar-refractivity contribution in [3.8, 4) is 6.07 Å². The van der Waals surface area contributed by atoms with Gasteiger partial charge in [-0.1, -0.05) is 0 Å². The van der Waals surface area contributed by atoms with Crippen molar-refractivity contribution in [2.24, 2.45) is 0 Å². The summed E-state index contributed by atoms with van der Waals surface area (Å²) in [5.41, 5.74) is 0. The van der Waals surface area contributed by atoms with Crippen LogP contribution in [0.2, 0.25) is 0 Å². The molecule has 0 aromatic rings. The molecule has 0 rings (SSSR count). The third-order valence-corrected chi connectivity index (χ3v) is 0.964. The lowest BCUT2D eigenvalue weighted by Gasteiger charge is -2.02. The molecule has 0 aliphatic carbocycles. The molecule has 0 spiro atoms. The summed E-state index contributed by atoms with van der Waals surface area (Å²) in [6, 6.07) is 1.44. The van der Waals surface area contributed by atoms with Gasteiger partial charge in [0.1, 0.15) is 0 Å². The van der Waals surface area contributed by atoms with Gasteiger partial charge in [-0.05, 0) is 0 Å². The van der Waals surface area contributed by atoms with E-state index < -0.39 is 23.1 Å². The molecule has 0 aliphatic heterocycles. The molecule has 2 N–H and O–H groups in total. The Morgan fingerprint density at radius 1 is 1.70 bits per heavy atom. The normalized spacial score (nSPS) is 14.1. The maximum Gasteiger partial charge on any atom is 0.399 e. The smallest absolute Gasteiger partial charge is 0.366 e. The second-order valence-electron chi connectivity index (χ2n) is 1.34. The molecule has 0 saturated heterocycles. The van der Waals surface area contributed by atoms with E-state index in [1.165, 1.54) is 6.07 Å². The molecule has 7 heteroatoms. The third kappa shape index (κ3) is 5.46. The van der Waals surface area contributed by atoms with Crippen LogP contribution in [0, 0.1) is 11.3 Å². The molecule has 58 valence electrons. The lowest BCUT2D eigenvalue weighted by Crippen LogP contribution is -2.16. The fourth-order valence-electron chi connectivity index (χ4n) is 0.252. The molecule has 0 aromatic heterocycles. The number of hydrogen-bond donors (Lipinski definition) is 2. The highest BCUT2D eigenvalue weighted by atomic mass is 32.3. The Morgan fingerprint density at radius 2 is 2.20 bits per heavy atom. The van der Waals surface area contributed by atoms with Gasteiger partial charge in [-0.3, -0.25) is 4.55 Å². The Labute approximate surface area is 57.6 Å². The molecule has 1 atom stereocenters. The van der Waals surface area contributed by atoms with Crippen molar-refractivity contribution in [1.82, 2.24) is 0 Å². The van der Waals surface area contributed by atoms with Crippen LogP contribution in [0.1, 0.15) is 6.42 Å². The lowest BCUT2D eigenvalue weighted by atomic mass is 10.5. The number of aliphatic hydroxyl groups is 1. The molecular formula is C3H5NO5S. The Balaban J connectivity index is 3.83. The van der Waals surface area contributed by atoms with Crippen LogP contribution in [0.5, 0.6) is 0 Å². The molecular weight excluding hydrogens is 162 g/mol. The van der Waals surface area contributed by atoms with Crippen LogP contribution in [0.15, 0.2) is 0 Å². The summed E-state index contributed by atoms with van der Waals surface area (Å²) in [5, 5.41) is 16.3. The van der Waals surface area contributed by atoms with Crippen molar-refractivity contribution in [2.45, 2.75) is 12.7 Å². The SMILES string of the molecule is N#CCC(O)OS(=O)(=O)O. The van der Waals surface area contributed by atoms with Gasteiger partial charge in [-0.2, -0.15) is 13.7 Å². The van der Waals surface area contributed by atoms with Crippen molar-refractivity contribution in [3.05, 3.63) is 0 Å². The molecule has 0 radical (unpaired) electrons. The van der Waals surface area contributed by atoms with Gasteiger partial charge in [0, 0.05) is 0 Å². The van der Waals surface area contributed by atoms with Crippen LogP contribution in [-0.4, -0.2) is 24.4 Å². The average molecular weight is 167 g/mol. The van der Waals surface area contributed by atoms with E-state index in [4.69, 9.17) is 14.9 Å². The van der Waals surface area contributed by atoms with Crippen molar-refractivity contribution >= 4 is 10.4 Å². The summed E-state index contributed by atoms with van der Waals surface area (Å²) >= 11 is 0. The summed E-state index contributed by atoms with van der Waals surface area (Å²) in [5.74, 6) is 0. The Bertz CT molecular complexity index is 226. The van der Waals surface area contributed by atoms with Gasteiger partial charge in [0.15, 0.2) is 6.29 Å². The monoisotopic (exact) mass is 167 g/mol.